The summed E-state index contributed by atoms with van der Waals surface area (Å²) >= 11 is 0. The van der Waals surface area contributed by atoms with Gasteiger partial charge in [0.1, 0.15) is 5.60 Å². The lowest BCUT2D eigenvalue weighted by Crippen LogP contribution is -2.49. The van der Waals surface area contributed by atoms with Crippen molar-refractivity contribution < 1.29 is 14.3 Å². The number of piperidine rings is 1. The number of amides is 2. The molecule has 3 rings (SSSR count). The fourth-order valence-electron chi connectivity index (χ4n) is 3.42. The zero-order chi connectivity index (χ0) is 18.7. The molecule has 142 valence electrons. The van der Waals surface area contributed by atoms with Crippen LogP contribution >= 0.6 is 0 Å². The van der Waals surface area contributed by atoms with Crippen molar-refractivity contribution in [2.75, 3.05) is 13.1 Å². The Morgan fingerprint density at radius 2 is 1.69 bits per heavy atom. The molecule has 1 aromatic rings. The van der Waals surface area contributed by atoms with Crippen molar-refractivity contribution in [2.24, 2.45) is 5.92 Å². The molecule has 1 aliphatic carbocycles. The predicted molar refractivity (Wildman–Crippen MR) is 101 cm³/mol. The minimum atomic E-state index is -0.477. The Kier molecular flexibility index (Phi) is 5.54. The zero-order valence-electron chi connectivity index (χ0n) is 16.1. The Morgan fingerprint density at radius 1 is 1.08 bits per heavy atom. The Hall–Kier alpha value is -2.04. The van der Waals surface area contributed by atoms with Crippen LogP contribution in [0.5, 0.6) is 0 Å². The molecule has 0 unspecified atom stereocenters. The molecule has 1 aliphatic heterocycles. The van der Waals surface area contributed by atoms with E-state index in [0.717, 1.165) is 31.2 Å². The Bertz CT molecular complexity index is 626. The summed E-state index contributed by atoms with van der Waals surface area (Å²) in [5, 5.41) is 0. The van der Waals surface area contributed by atoms with E-state index in [-0.39, 0.29) is 24.0 Å². The summed E-state index contributed by atoms with van der Waals surface area (Å²) in [5.41, 5.74) is 0.686. The SMILES string of the molecule is CC(C)(C)OC(=O)N1CCC(N(Cc2ccccc2)C(=O)C2CC2)CC1. The molecule has 5 heteroatoms. The van der Waals surface area contributed by atoms with Gasteiger partial charge in [-0.2, -0.15) is 0 Å². The van der Waals surface area contributed by atoms with Gasteiger partial charge in [-0.05, 0) is 52.0 Å². The summed E-state index contributed by atoms with van der Waals surface area (Å²) in [6.07, 6.45) is 3.40. The van der Waals surface area contributed by atoms with Gasteiger partial charge < -0.3 is 14.5 Å². The number of benzene rings is 1. The molecule has 0 radical (unpaired) electrons. The quantitative estimate of drug-likeness (QED) is 0.822. The third-order valence-electron chi connectivity index (χ3n) is 4.96. The normalized spacial score (nSPS) is 18.5. The summed E-state index contributed by atoms with van der Waals surface area (Å²) in [5.74, 6) is 0.493. The van der Waals surface area contributed by atoms with Crippen molar-refractivity contribution in [3.8, 4) is 0 Å². The number of rotatable bonds is 4. The van der Waals surface area contributed by atoms with E-state index in [0.29, 0.717) is 19.6 Å². The monoisotopic (exact) mass is 358 g/mol. The zero-order valence-corrected chi connectivity index (χ0v) is 16.1. The van der Waals surface area contributed by atoms with Crippen LogP contribution in [0.3, 0.4) is 0 Å². The lowest BCUT2D eigenvalue weighted by Gasteiger charge is -2.39. The summed E-state index contributed by atoms with van der Waals surface area (Å²) < 4.78 is 5.47. The van der Waals surface area contributed by atoms with Gasteiger partial charge in [0.25, 0.3) is 0 Å². The van der Waals surface area contributed by atoms with Gasteiger partial charge in [0.15, 0.2) is 0 Å². The molecular weight excluding hydrogens is 328 g/mol. The van der Waals surface area contributed by atoms with Gasteiger partial charge >= 0.3 is 6.09 Å². The summed E-state index contributed by atoms with van der Waals surface area (Å²) in [4.78, 5) is 28.9. The third kappa shape index (κ3) is 4.99. The maximum absolute atomic E-state index is 12.8. The second-order valence-electron chi connectivity index (χ2n) is 8.42. The van der Waals surface area contributed by atoms with Crippen LogP contribution in [0.2, 0.25) is 0 Å². The molecule has 0 spiro atoms. The molecule has 5 nitrogen and oxygen atoms in total. The minimum absolute atomic E-state index is 0.196. The molecule has 26 heavy (non-hydrogen) atoms. The van der Waals surface area contributed by atoms with Gasteiger partial charge in [-0.15, -0.1) is 0 Å². The molecule has 1 heterocycles. The molecule has 0 aromatic heterocycles. The average molecular weight is 358 g/mol. The summed E-state index contributed by atoms with van der Waals surface area (Å²) in [6, 6.07) is 10.4. The number of hydrogen-bond donors (Lipinski definition) is 0. The van der Waals surface area contributed by atoms with Crippen LogP contribution in [0.25, 0.3) is 0 Å². The number of ether oxygens (including phenoxy) is 1. The van der Waals surface area contributed by atoms with Crippen LogP contribution in [0.4, 0.5) is 4.79 Å². The smallest absolute Gasteiger partial charge is 0.410 e. The van der Waals surface area contributed by atoms with Gasteiger partial charge in [-0.1, -0.05) is 30.3 Å². The molecule has 1 saturated heterocycles. The lowest BCUT2D eigenvalue weighted by atomic mass is 10.0. The van der Waals surface area contributed by atoms with Crippen molar-refractivity contribution >= 4 is 12.0 Å². The van der Waals surface area contributed by atoms with E-state index in [2.05, 4.69) is 17.0 Å². The van der Waals surface area contributed by atoms with E-state index >= 15 is 0 Å². The largest absolute Gasteiger partial charge is 0.444 e. The highest BCUT2D eigenvalue weighted by molar-refractivity contribution is 5.81. The van der Waals surface area contributed by atoms with Crippen LogP contribution < -0.4 is 0 Å². The maximum atomic E-state index is 12.8. The van der Waals surface area contributed by atoms with Crippen LogP contribution in [0, 0.1) is 5.92 Å². The van der Waals surface area contributed by atoms with Crippen molar-refractivity contribution in [3.05, 3.63) is 35.9 Å². The Balaban J connectivity index is 1.61. The van der Waals surface area contributed by atoms with Crippen LogP contribution in [-0.4, -0.2) is 46.5 Å². The first kappa shape index (κ1) is 18.7. The second-order valence-corrected chi connectivity index (χ2v) is 8.42. The summed E-state index contributed by atoms with van der Waals surface area (Å²) in [6.45, 7) is 7.59. The van der Waals surface area contributed by atoms with Gasteiger partial charge in [-0.25, -0.2) is 4.79 Å². The van der Waals surface area contributed by atoms with Crippen LogP contribution in [0.1, 0.15) is 52.0 Å². The van der Waals surface area contributed by atoms with Crippen LogP contribution in [0.15, 0.2) is 30.3 Å². The fraction of sp³-hybridized carbons (Fsp3) is 0.619. The van der Waals surface area contributed by atoms with Crippen molar-refractivity contribution in [2.45, 2.75) is 64.6 Å². The highest BCUT2D eigenvalue weighted by Gasteiger charge is 2.38. The van der Waals surface area contributed by atoms with E-state index < -0.39 is 5.60 Å². The van der Waals surface area contributed by atoms with Gasteiger partial charge in [0, 0.05) is 31.6 Å². The molecule has 1 saturated carbocycles. The Morgan fingerprint density at radius 3 is 2.23 bits per heavy atom. The molecule has 0 N–H and O–H groups in total. The molecule has 2 fully saturated rings. The summed E-state index contributed by atoms with van der Waals surface area (Å²) in [7, 11) is 0. The van der Waals surface area contributed by atoms with E-state index in [1.165, 1.54) is 0 Å². The molecular formula is C21H30N2O3. The van der Waals surface area contributed by atoms with Crippen molar-refractivity contribution in [1.29, 1.82) is 0 Å². The van der Waals surface area contributed by atoms with E-state index in [9.17, 15) is 9.59 Å². The second kappa shape index (κ2) is 7.68. The standard InChI is InChI=1S/C21H30N2O3/c1-21(2,3)26-20(25)22-13-11-18(12-14-22)23(19(24)17-9-10-17)15-16-7-5-4-6-8-16/h4-8,17-18H,9-15H2,1-3H3. The van der Waals surface area contributed by atoms with Crippen molar-refractivity contribution in [3.63, 3.8) is 0 Å². The predicted octanol–water partition coefficient (Wildman–Crippen LogP) is 3.82. The van der Waals surface area contributed by atoms with E-state index in [1.807, 2.05) is 39.0 Å². The van der Waals surface area contributed by atoms with E-state index in [1.54, 1.807) is 4.90 Å². The molecule has 0 atom stereocenters. The highest BCUT2D eigenvalue weighted by atomic mass is 16.6. The first-order chi connectivity index (χ1) is 12.3. The molecule has 2 amide bonds. The average Bonchev–Trinajstić information content (AvgIpc) is 3.44. The topological polar surface area (TPSA) is 49.9 Å². The number of likely N-dealkylation sites (tertiary alicyclic amines) is 1. The van der Waals surface area contributed by atoms with Crippen LogP contribution in [-0.2, 0) is 16.1 Å². The highest BCUT2D eigenvalue weighted by Crippen LogP contribution is 2.33. The van der Waals surface area contributed by atoms with Gasteiger partial charge in [0.2, 0.25) is 5.91 Å². The Labute approximate surface area is 156 Å². The van der Waals surface area contributed by atoms with E-state index in [4.69, 9.17) is 4.74 Å². The lowest BCUT2D eigenvalue weighted by molar-refractivity contribution is -0.136. The molecule has 2 aliphatic rings. The maximum Gasteiger partial charge on any atom is 0.410 e. The minimum Gasteiger partial charge on any atom is -0.444 e. The first-order valence-electron chi connectivity index (χ1n) is 9.66. The third-order valence-corrected chi connectivity index (χ3v) is 4.96. The van der Waals surface area contributed by atoms with Crippen molar-refractivity contribution in [1.82, 2.24) is 9.80 Å². The molecule has 0 bridgehead atoms. The number of carbonyl (C=O) groups is 2. The van der Waals surface area contributed by atoms with Gasteiger partial charge in [-0.3, -0.25) is 4.79 Å². The van der Waals surface area contributed by atoms with Gasteiger partial charge in [0.05, 0.1) is 0 Å². The number of nitrogens with zero attached hydrogens (tertiary/aromatic N) is 2. The number of hydrogen-bond acceptors (Lipinski definition) is 3. The number of carbonyl (C=O) groups excluding carboxylic acids is 2. The molecule has 1 aromatic carbocycles. The fourth-order valence-corrected chi connectivity index (χ4v) is 3.42. The first-order valence-corrected chi connectivity index (χ1v) is 9.66.